The van der Waals surface area contributed by atoms with Crippen molar-refractivity contribution < 1.29 is 19.1 Å². The van der Waals surface area contributed by atoms with Crippen LogP contribution in [0.5, 0.6) is 0 Å². The number of nitrogens with one attached hydrogen (secondary N) is 1. The molecule has 0 aliphatic carbocycles. The third-order valence-electron chi connectivity index (χ3n) is 1.80. The number of hydrogen-bond acceptors (Lipinski definition) is 3. The first-order valence-electron chi connectivity index (χ1n) is 4.61. The number of carbonyl (C=O) groups excluding carboxylic acids is 1. The second-order valence-electron chi connectivity index (χ2n) is 3.32. The van der Waals surface area contributed by atoms with Crippen molar-refractivity contribution in [1.29, 1.82) is 0 Å². The molecule has 0 fully saturated rings. The molecule has 1 amide bonds. The van der Waals surface area contributed by atoms with Gasteiger partial charge in [-0.2, -0.15) is 0 Å². The lowest BCUT2D eigenvalue weighted by Gasteiger charge is -2.10. The normalized spacial score (nSPS) is 12.1. The van der Waals surface area contributed by atoms with E-state index in [2.05, 4.69) is 5.32 Å². The fraction of sp³-hybridized carbons (Fsp3) is 0.400. The minimum atomic E-state index is -0.930. The Hall–Kier alpha value is -1.78. The molecule has 0 radical (unpaired) electrons. The largest absolute Gasteiger partial charge is 0.481 e. The van der Waals surface area contributed by atoms with E-state index in [1.54, 1.807) is 19.1 Å². The van der Waals surface area contributed by atoms with Gasteiger partial charge < -0.3 is 14.8 Å². The van der Waals surface area contributed by atoms with Crippen LogP contribution < -0.4 is 5.32 Å². The van der Waals surface area contributed by atoms with Gasteiger partial charge in [0.1, 0.15) is 5.76 Å². The fourth-order valence-corrected chi connectivity index (χ4v) is 1.21. The fourth-order valence-electron chi connectivity index (χ4n) is 1.21. The van der Waals surface area contributed by atoms with Crippen LogP contribution >= 0.6 is 0 Å². The van der Waals surface area contributed by atoms with Crippen LogP contribution in [0.3, 0.4) is 0 Å². The van der Waals surface area contributed by atoms with Gasteiger partial charge in [-0.15, -0.1) is 0 Å². The molecule has 1 aromatic rings. The van der Waals surface area contributed by atoms with E-state index in [0.717, 1.165) is 0 Å². The van der Waals surface area contributed by atoms with E-state index in [-0.39, 0.29) is 24.8 Å². The van der Waals surface area contributed by atoms with Crippen LogP contribution in [-0.4, -0.2) is 23.0 Å². The van der Waals surface area contributed by atoms with E-state index in [0.29, 0.717) is 5.76 Å². The van der Waals surface area contributed by atoms with Crippen molar-refractivity contribution in [2.24, 2.45) is 0 Å². The minimum absolute atomic E-state index is 0.0795. The Labute approximate surface area is 87.1 Å². The summed E-state index contributed by atoms with van der Waals surface area (Å²) in [7, 11) is 0. The highest BCUT2D eigenvalue weighted by Gasteiger charge is 2.11. The number of carboxylic acid groups (broad SMARTS) is 1. The average molecular weight is 211 g/mol. The molecule has 0 bridgehead atoms. The zero-order valence-electron chi connectivity index (χ0n) is 8.40. The Bertz CT molecular complexity index is 331. The van der Waals surface area contributed by atoms with E-state index in [1.807, 2.05) is 0 Å². The Morgan fingerprint density at radius 1 is 1.60 bits per heavy atom. The number of carbonyl (C=O) groups is 2. The first-order chi connectivity index (χ1) is 7.08. The predicted molar refractivity (Wildman–Crippen MR) is 52.3 cm³/mol. The number of rotatable bonds is 5. The molecule has 5 nitrogen and oxygen atoms in total. The molecule has 0 aromatic carbocycles. The highest BCUT2D eigenvalue weighted by molar-refractivity contribution is 5.79. The van der Waals surface area contributed by atoms with Gasteiger partial charge >= 0.3 is 5.97 Å². The molecule has 0 saturated heterocycles. The van der Waals surface area contributed by atoms with Gasteiger partial charge in [-0.3, -0.25) is 9.59 Å². The van der Waals surface area contributed by atoms with Gasteiger partial charge in [0.25, 0.3) is 0 Å². The molecule has 1 unspecified atom stereocenters. The maximum atomic E-state index is 11.3. The van der Waals surface area contributed by atoms with E-state index < -0.39 is 5.97 Å². The average Bonchev–Trinajstić information content (AvgIpc) is 2.53. The number of amides is 1. The summed E-state index contributed by atoms with van der Waals surface area (Å²) in [6.45, 7) is 1.65. The number of aliphatic carboxylic acids is 1. The van der Waals surface area contributed by atoms with Crippen LogP contribution in [0.1, 0.15) is 19.1 Å². The molecule has 1 heterocycles. The zero-order chi connectivity index (χ0) is 11.3. The number of hydrogen-bond donors (Lipinski definition) is 2. The van der Waals surface area contributed by atoms with E-state index in [4.69, 9.17) is 9.52 Å². The molecule has 1 rings (SSSR count). The monoisotopic (exact) mass is 211 g/mol. The van der Waals surface area contributed by atoms with Crippen LogP contribution in [0.2, 0.25) is 0 Å². The third kappa shape index (κ3) is 4.30. The van der Waals surface area contributed by atoms with Crippen molar-refractivity contribution in [2.45, 2.75) is 25.8 Å². The second kappa shape index (κ2) is 5.19. The smallest absolute Gasteiger partial charge is 0.305 e. The van der Waals surface area contributed by atoms with E-state index >= 15 is 0 Å². The zero-order valence-corrected chi connectivity index (χ0v) is 8.40. The van der Waals surface area contributed by atoms with Crippen molar-refractivity contribution in [3.05, 3.63) is 24.2 Å². The summed E-state index contributed by atoms with van der Waals surface area (Å²) in [5.41, 5.74) is 0. The lowest BCUT2D eigenvalue weighted by atomic mass is 10.2. The Morgan fingerprint density at radius 3 is 2.87 bits per heavy atom. The van der Waals surface area contributed by atoms with Gasteiger partial charge in [-0.05, 0) is 19.1 Å². The molecule has 1 atom stereocenters. The minimum Gasteiger partial charge on any atom is -0.481 e. The summed E-state index contributed by atoms with van der Waals surface area (Å²) in [6, 6.07) is 3.02. The van der Waals surface area contributed by atoms with Crippen LogP contribution in [-0.2, 0) is 16.0 Å². The highest BCUT2D eigenvalue weighted by Crippen LogP contribution is 2.01. The van der Waals surface area contributed by atoms with Crippen molar-refractivity contribution in [1.82, 2.24) is 5.32 Å². The Kier molecular flexibility index (Phi) is 3.91. The Morgan fingerprint density at radius 2 is 2.33 bits per heavy atom. The standard InChI is InChI=1S/C10H13NO4/c1-7(5-10(13)14)11-9(12)6-8-3-2-4-15-8/h2-4,7H,5-6H2,1H3,(H,11,12)(H,13,14). The molecule has 1 aromatic heterocycles. The molecule has 0 spiro atoms. The van der Waals surface area contributed by atoms with Crippen LogP contribution in [0.25, 0.3) is 0 Å². The second-order valence-corrected chi connectivity index (χ2v) is 3.32. The number of furan rings is 1. The van der Waals surface area contributed by atoms with E-state index in [9.17, 15) is 9.59 Å². The molecule has 5 heteroatoms. The van der Waals surface area contributed by atoms with Gasteiger partial charge in [0, 0.05) is 6.04 Å². The molecule has 0 aliphatic rings. The lowest BCUT2D eigenvalue weighted by Crippen LogP contribution is -2.35. The first kappa shape index (κ1) is 11.3. The van der Waals surface area contributed by atoms with Gasteiger partial charge in [0.05, 0.1) is 19.1 Å². The van der Waals surface area contributed by atoms with Gasteiger partial charge in [0.15, 0.2) is 0 Å². The SMILES string of the molecule is CC(CC(=O)O)NC(=O)Cc1ccco1. The molecule has 2 N–H and O–H groups in total. The molecule has 15 heavy (non-hydrogen) atoms. The third-order valence-corrected chi connectivity index (χ3v) is 1.80. The number of carboxylic acids is 1. The molecule has 82 valence electrons. The van der Waals surface area contributed by atoms with Crippen molar-refractivity contribution >= 4 is 11.9 Å². The predicted octanol–water partition coefficient (Wildman–Crippen LogP) is 0.801. The summed E-state index contributed by atoms with van der Waals surface area (Å²) in [5.74, 6) is -0.602. The topological polar surface area (TPSA) is 79.5 Å². The first-order valence-corrected chi connectivity index (χ1v) is 4.61. The quantitative estimate of drug-likeness (QED) is 0.755. The Balaban J connectivity index is 2.33. The van der Waals surface area contributed by atoms with Crippen LogP contribution in [0.15, 0.2) is 22.8 Å². The molecule has 0 aliphatic heterocycles. The van der Waals surface area contributed by atoms with Crippen LogP contribution in [0, 0.1) is 0 Å². The summed E-state index contributed by atoms with van der Waals surface area (Å²) in [5, 5.41) is 11.1. The summed E-state index contributed by atoms with van der Waals surface area (Å²) < 4.78 is 4.99. The summed E-state index contributed by atoms with van der Waals surface area (Å²) in [6.07, 6.45) is 1.55. The molecular weight excluding hydrogens is 198 g/mol. The molecular formula is C10H13NO4. The van der Waals surface area contributed by atoms with Gasteiger partial charge in [-0.25, -0.2) is 0 Å². The summed E-state index contributed by atoms with van der Waals surface area (Å²) in [4.78, 5) is 21.7. The maximum absolute atomic E-state index is 11.3. The van der Waals surface area contributed by atoms with Gasteiger partial charge in [-0.1, -0.05) is 0 Å². The van der Waals surface area contributed by atoms with Crippen molar-refractivity contribution in [2.75, 3.05) is 0 Å². The van der Waals surface area contributed by atoms with Crippen molar-refractivity contribution in [3.63, 3.8) is 0 Å². The van der Waals surface area contributed by atoms with Crippen LogP contribution in [0.4, 0.5) is 0 Å². The lowest BCUT2D eigenvalue weighted by molar-refractivity contribution is -0.137. The van der Waals surface area contributed by atoms with Gasteiger partial charge in [0.2, 0.25) is 5.91 Å². The maximum Gasteiger partial charge on any atom is 0.305 e. The molecule has 0 saturated carbocycles. The highest BCUT2D eigenvalue weighted by atomic mass is 16.4. The van der Waals surface area contributed by atoms with E-state index in [1.165, 1.54) is 6.26 Å². The van der Waals surface area contributed by atoms with Crippen molar-refractivity contribution in [3.8, 4) is 0 Å². The summed E-state index contributed by atoms with van der Waals surface area (Å²) >= 11 is 0.